The van der Waals surface area contributed by atoms with Gasteiger partial charge in [0.05, 0.1) is 7.11 Å². The molecule has 158 valence electrons. The quantitative estimate of drug-likeness (QED) is 0.620. The maximum Gasteiger partial charge on any atom is 0.254 e. The fourth-order valence-corrected chi connectivity index (χ4v) is 3.62. The molecule has 0 saturated carbocycles. The molecule has 1 aliphatic heterocycles. The van der Waals surface area contributed by atoms with Crippen LogP contribution in [0.2, 0.25) is 0 Å². The van der Waals surface area contributed by atoms with Gasteiger partial charge in [0.2, 0.25) is 5.91 Å². The first-order valence-corrected chi connectivity index (χ1v) is 10.2. The lowest BCUT2D eigenvalue weighted by Crippen LogP contribution is -2.57. The minimum absolute atomic E-state index is 0.107. The van der Waals surface area contributed by atoms with E-state index in [1.165, 1.54) is 0 Å². The molecule has 3 aromatic rings. The molecule has 0 bridgehead atoms. The van der Waals surface area contributed by atoms with Crippen molar-refractivity contribution in [1.29, 1.82) is 0 Å². The van der Waals surface area contributed by atoms with E-state index in [1.54, 1.807) is 48.1 Å². The average Bonchev–Trinajstić information content (AvgIpc) is 2.82. The minimum atomic E-state index is -0.552. The van der Waals surface area contributed by atoms with Crippen molar-refractivity contribution in [2.45, 2.75) is 13.0 Å². The lowest BCUT2D eigenvalue weighted by atomic mass is 10.1. The first kappa shape index (κ1) is 20.5. The van der Waals surface area contributed by atoms with Crippen LogP contribution in [0.15, 0.2) is 78.9 Å². The van der Waals surface area contributed by atoms with Crippen molar-refractivity contribution in [3.8, 4) is 17.2 Å². The van der Waals surface area contributed by atoms with Crippen molar-refractivity contribution in [3.63, 3.8) is 0 Å². The number of nitrogens with zero attached hydrogens (tertiary/aromatic N) is 2. The Bertz CT molecular complexity index is 1050. The fourth-order valence-electron chi connectivity index (χ4n) is 3.62. The molecule has 0 unspecified atom stereocenters. The van der Waals surface area contributed by atoms with E-state index < -0.39 is 6.04 Å². The molecule has 0 aliphatic carbocycles. The van der Waals surface area contributed by atoms with Gasteiger partial charge in [0.25, 0.3) is 5.91 Å². The Morgan fingerprint density at radius 3 is 2.10 bits per heavy atom. The molecular formula is C25H24N2O4. The van der Waals surface area contributed by atoms with Gasteiger partial charge < -0.3 is 19.3 Å². The highest BCUT2D eigenvalue weighted by Crippen LogP contribution is 2.27. The van der Waals surface area contributed by atoms with E-state index in [1.807, 2.05) is 54.6 Å². The van der Waals surface area contributed by atoms with Crippen molar-refractivity contribution in [3.05, 3.63) is 84.4 Å². The Labute approximate surface area is 181 Å². The van der Waals surface area contributed by atoms with E-state index in [2.05, 4.69) is 0 Å². The highest BCUT2D eigenvalue weighted by Gasteiger charge is 2.35. The number of anilines is 1. The summed E-state index contributed by atoms with van der Waals surface area (Å²) < 4.78 is 11.0. The third-order valence-electron chi connectivity index (χ3n) is 5.38. The summed E-state index contributed by atoms with van der Waals surface area (Å²) in [5, 5.41) is 0. The third kappa shape index (κ3) is 4.38. The first-order valence-electron chi connectivity index (χ1n) is 10.2. The van der Waals surface area contributed by atoms with Gasteiger partial charge in [-0.25, -0.2) is 0 Å². The molecule has 0 radical (unpaired) electrons. The van der Waals surface area contributed by atoms with Gasteiger partial charge in [-0.05, 0) is 67.6 Å². The lowest BCUT2D eigenvalue weighted by Gasteiger charge is -2.39. The number of hydrogen-bond donors (Lipinski definition) is 0. The Kier molecular flexibility index (Phi) is 5.89. The van der Waals surface area contributed by atoms with Crippen LogP contribution in [0.5, 0.6) is 17.2 Å². The van der Waals surface area contributed by atoms with E-state index in [4.69, 9.17) is 9.47 Å². The average molecular weight is 416 g/mol. The van der Waals surface area contributed by atoms with Gasteiger partial charge in [-0.15, -0.1) is 0 Å². The molecule has 4 rings (SSSR count). The van der Waals surface area contributed by atoms with Crippen LogP contribution < -0.4 is 14.4 Å². The number of carbonyl (C=O) groups is 2. The number of piperazine rings is 1. The zero-order valence-corrected chi connectivity index (χ0v) is 17.5. The van der Waals surface area contributed by atoms with Crippen LogP contribution in [-0.2, 0) is 4.79 Å². The lowest BCUT2D eigenvalue weighted by molar-refractivity contribution is -0.124. The normalized spacial score (nSPS) is 16.2. The summed E-state index contributed by atoms with van der Waals surface area (Å²) in [5.41, 5.74) is 1.32. The maximum absolute atomic E-state index is 13.0. The smallest absolute Gasteiger partial charge is 0.254 e. The van der Waals surface area contributed by atoms with Crippen LogP contribution in [0.25, 0.3) is 0 Å². The Morgan fingerprint density at radius 2 is 1.45 bits per heavy atom. The van der Waals surface area contributed by atoms with Gasteiger partial charge in [0.1, 0.15) is 23.3 Å². The molecule has 1 aliphatic rings. The summed E-state index contributed by atoms with van der Waals surface area (Å²) >= 11 is 0. The van der Waals surface area contributed by atoms with Crippen molar-refractivity contribution in [1.82, 2.24) is 4.90 Å². The van der Waals surface area contributed by atoms with Crippen LogP contribution >= 0.6 is 0 Å². The second kappa shape index (κ2) is 8.92. The Hall–Kier alpha value is -3.80. The highest BCUT2D eigenvalue weighted by molar-refractivity contribution is 6.03. The molecule has 0 aromatic heterocycles. The monoisotopic (exact) mass is 416 g/mol. The van der Waals surface area contributed by atoms with Crippen molar-refractivity contribution in [2.24, 2.45) is 0 Å². The van der Waals surface area contributed by atoms with Crippen LogP contribution in [-0.4, -0.2) is 43.0 Å². The third-order valence-corrected chi connectivity index (χ3v) is 5.38. The number of methoxy groups -OCH3 is 1. The first-order chi connectivity index (χ1) is 15.1. The van der Waals surface area contributed by atoms with E-state index in [0.717, 1.165) is 11.4 Å². The zero-order chi connectivity index (χ0) is 21.8. The van der Waals surface area contributed by atoms with Gasteiger partial charge in [0.15, 0.2) is 0 Å². The van der Waals surface area contributed by atoms with Crippen molar-refractivity contribution < 1.29 is 19.1 Å². The summed E-state index contributed by atoms with van der Waals surface area (Å²) in [4.78, 5) is 29.3. The van der Waals surface area contributed by atoms with E-state index in [0.29, 0.717) is 30.2 Å². The fraction of sp³-hybridized carbons (Fsp3) is 0.200. The molecule has 1 fully saturated rings. The molecule has 2 amide bonds. The molecule has 3 aromatic carbocycles. The molecule has 31 heavy (non-hydrogen) atoms. The molecule has 1 atom stereocenters. The number of ether oxygens (including phenoxy) is 2. The largest absolute Gasteiger partial charge is 0.497 e. The SMILES string of the molecule is COc1ccc(C(=O)N2CCN(c3ccc(Oc4ccccc4)cc3)C(=O)[C@@H]2C)cc1. The van der Waals surface area contributed by atoms with E-state index in [-0.39, 0.29) is 11.8 Å². The number of amides is 2. The van der Waals surface area contributed by atoms with Gasteiger partial charge in [-0.3, -0.25) is 9.59 Å². The molecule has 6 heteroatoms. The molecule has 1 saturated heterocycles. The Balaban J connectivity index is 1.44. The van der Waals surface area contributed by atoms with Crippen LogP contribution in [0, 0.1) is 0 Å². The topological polar surface area (TPSA) is 59.1 Å². The molecule has 6 nitrogen and oxygen atoms in total. The summed E-state index contributed by atoms with van der Waals surface area (Å²) in [6, 6.07) is 23.3. The number of benzene rings is 3. The van der Waals surface area contributed by atoms with E-state index in [9.17, 15) is 9.59 Å². The summed E-state index contributed by atoms with van der Waals surface area (Å²) in [5.74, 6) is 1.87. The zero-order valence-electron chi connectivity index (χ0n) is 17.5. The number of carbonyl (C=O) groups excluding carboxylic acids is 2. The number of hydrogen-bond acceptors (Lipinski definition) is 4. The van der Waals surface area contributed by atoms with Crippen LogP contribution in [0.1, 0.15) is 17.3 Å². The minimum Gasteiger partial charge on any atom is -0.497 e. The van der Waals surface area contributed by atoms with Crippen molar-refractivity contribution >= 4 is 17.5 Å². The predicted molar refractivity (Wildman–Crippen MR) is 119 cm³/mol. The second-order valence-corrected chi connectivity index (χ2v) is 7.30. The Morgan fingerprint density at radius 1 is 0.839 bits per heavy atom. The molecule has 0 N–H and O–H groups in total. The standard InChI is InChI=1S/C25H24N2O4/c1-18-24(28)27(17-16-26(18)25(29)19-8-12-21(30-2)13-9-19)20-10-14-23(15-11-20)31-22-6-4-3-5-7-22/h3-15,18H,16-17H2,1-2H3/t18-/m0/s1. The van der Waals surface area contributed by atoms with Gasteiger partial charge >= 0.3 is 0 Å². The highest BCUT2D eigenvalue weighted by atomic mass is 16.5. The summed E-state index contributed by atoms with van der Waals surface area (Å²) in [6.07, 6.45) is 0. The number of rotatable bonds is 5. The van der Waals surface area contributed by atoms with Gasteiger partial charge in [-0.1, -0.05) is 18.2 Å². The molecular weight excluding hydrogens is 392 g/mol. The van der Waals surface area contributed by atoms with Crippen molar-refractivity contribution in [2.75, 3.05) is 25.1 Å². The van der Waals surface area contributed by atoms with Crippen LogP contribution in [0.3, 0.4) is 0 Å². The maximum atomic E-state index is 13.0. The van der Waals surface area contributed by atoms with Gasteiger partial charge in [0, 0.05) is 24.3 Å². The predicted octanol–water partition coefficient (Wildman–Crippen LogP) is 4.37. The molecule has 1 heterocycles. The summed E-state index contributed by atoms with van der Waals surface area (Å²) in [6.45, 7) is 2.66. The number of para-hydroxylation sites is 1. The second-order valence-electron chi connectivity index (χ2n) is 7.30. The van der Waals surface area contributed by atoms with Crippen LogP contribution in [0.4, 0.5) is 5.69 Å². The molecule has 0 spiro atoms. The van der Waals surface area contributed by atoms with E-state index >= 15 is 0 Å². The van der Waals surface area contributed by atoms with Gasteiger partial charge in [-0.2, -0.15) is 0 Å². The summed E-state index contributed by atoms with van der Waals surface area (Å²) in [7, 11) is 1.58.